The molecule has 0 aliphatic carbocycles. The fraction of sp³-hybridized carbons (Fsp3) is 0.333. The summed E-state index contributed by atoms with van der Waals surface area (Å²) in [5.74, 6) is -0.0742. The quantitative estimate of drug-likeness (QED) is 0.805. The smallest absolute Gasteiger partial charge is 0.253 e. The van der Waals surface area contributed by atoms with E-state index in [2.05, 4.69) is 29.5 Å². The predicted molar refractivity (Wildman–Crippen MR) is 77.2 cm³/mol. The summed E-state index contributed by atoms with van der Waals surface area (Å²) < 4.78 is 0. The highest BCUT2D eigenvalue weighted by Crippen LogP contribution is 2.15. The van der Waals surface area contributed by atoms with E-state index < -0.39 is 0 Å². The molecule has 1 aromatic carbocycles. The lowest BCUT2D eigenvalue weighted by Crippen LogP contribution is -2.34. The van der Waals surface area contributed by atoms with Gasteiger partial charge in [0, 0.05) is 30.7 Å². The van der Waals surface area contributed by atoms with Crippen LogP contribution in [0, 0.1) is 0 Å². The van der Waals surface area contributed by atoms with Crippen LogP contribution in [0.1, 0.15) is 24.2 Å². The van der Waals surface area contributed by atoms with Crippen LogP contribution in [-0.2, 0) is 0 Å². The van der Waals surface area contributed by atoms with Gasteiger partial charge in [-0.2, -0.15) is 0 Å². The fourth-order valence-electron chi connectivity index (χ4n) is 1.92. The molecule has 1 amide bonds. The number of nitrogens with one attached hydrogen (secondary N) is 2. The maximum Gasteiger partial charge on any atom is 0.253 e. The summed E-state index contributed by atoms with van der Waals surface area (Å²) in [6.07, 6.45) is 1.71. The van der Waals surface area contributed by atoms with Crippen LogP contribution < -0.4 is 10.6 Å². The number of carbonyl (C=O) groups is 1. The Labute approximate surface area is 113 Å². The van der Waals surface area contributed by atoms with E-state index >= 15 is 0 Å². The van der Waals surface area contributed by atoms with E-state index in [0.717, 1.165) is 17.4 Å². The number of benzene rings is 1. The number of aromatic nitrogens is 1. The Kier molecular flexibility index (Phi) is 4.47. The Balaban J connectivity index is 2.05. The second kappa shape index (κ2) is 6.29. The van der Waals surface area contributed by atoms with Crippen LogP contribution in [0.3, 0.4) is 0 Å². The van der Waals surface area contributed by atoms with Gasteiger partial charge in [0.1, 0.15) is 0 Å². The normalized spacial score (nSPS) is 10.9. The molecule has 2 N–H and O–H groups in total. The molecule has 0 fully saturated rings. The van der Waals surface area contributed by atoms with Crippen molar-refractivity contribution >= 4 is 16.8 Å². The largest absolute Gasteiger partial charge is 0.351 e. The molecule has 0 saturated heterocycles. The Morgan fingerprint density at radius 1 is 1.21 bits per heavy atom. The summed E-state index contributed by atoms with van der Waals surface area (Å²) in [5, 5.41) is 7.15. The van der Waals surface area contributed by atoms with Gasteiger partial charge in [0.05, 0.1) is 11.1 Å². The number of rotatable bonds is 5. The zero-order chi connectivity index (χ0) is 13.7. The van der Waals surface area contributed by atoms with Gasteiger partial charge in [-0.3, -0.25) is 9.78 Å². The molecule has 0 saturated carbocycles. The van der Waals surface area contributed by atoms with Crippen LogP contribution in [0.4, 0.5) is 0 Å². The summed E-state index contributed by atoms with van der Waals surface area (Å²) in [5.41, 5.74) is 1.38. The molecule has 0 radical (unpaired) electrons. The lowest BCUT2D eigenvalue weighted by molar-refractivity contribution is 0.0955. The summed E-state index contributed by atoms with van der Waals surface area (Å²) in [7, 11) is 0. The number of fused-ring (bicyclic) bond motifs is 1. The minimum atomic E-state index is -0.0742. The Bertz CT molecular complexity index is 561. The minimum Gasteiger partial charge on any atom is -0.351 e. The number of para-hydroxylation sites is 1. The van der Waals surface area contributed by atoms with Gasteiger partial charge in [-0.15, -0.1) is 0 Å². The molecule has 0 bridgehead atoms. The minimum absolute atomic E-state index is 0.0742. The van der Waals surface area contributed by atoms with Crippen LogP contribution in [0.2, 0.25) is 0 Å². The average molecular weight is 257 g/mol. The van der Waals surface area contributed by atoms with Crippen LogP contribution in [0.15, 0.2) is 36.5 Å². The molecule has 2 aromatic rings. The molecule has 1 aromatic heterocycles. The van der Waals surface area contributed by atoms with Crippen LogP contribution in [0.25, 0.3) is 10.9 Å². The first-order valence-corrected chi connectivity index (χ1v) is 6.54. The monoisotopic (exact) mass is 257 g/mol. The van der Waals surface area contributed by atoms with Crippen molar-refractivity contribution in [1.82, 2.24) is 15.6 Å². The highest BCUT2D eigenvalue weighted by atomic mass is 16.1. The van der Waals surface area contributed by atoms with Crippen molar-refractivity contribution in [3.63, 3.8) is 0 Å². The number of amides is 1. The topological polar surface area (TPSA) is 54.0 Å². The molecular formula is C15H19N3O. The van der Waals surface area contributed by atoms with Crippen LogP contribution in [-0.4, -0.2) is 30.0 Å². The van der Waals surface area contributed by atoms with Crippen molar-refractivity contribution in [2.45, 2.75) is 19.9 Å². The first kappa shape index (κ1) is 13.5. The first-order chi connectivity index (χ1) is 9.18. The molecule has 0 spiro atoms. The number of carbonyl (C=O) groups excluding carboxylic acids is 1. The van der Waals surface area contributed by atoms with Crippen molar-refractivity contribution in [3.8, 4) is 0 Å². The summed E-state index contributed by atoms with van der Waals surface area (Å²) in [6, 6.07) is 9.90. The van der Waals surface area contributed by atoms with Gasteiger partial charge >= 0.3 is 0 Å². The Hall–Kier alpha value is -1.94. The Morgan fingerprint density at radius 3 is 2.79 bits per heavy atom. The van der Waals surface area contributed by atoms with Gasteiger partial charge in [-0.05, 0) is 12.1 Å². The molecule has 0 unspecified atom stereocenters. The van der Waals surface area contributed by atoms with Crippen molar-refractivity contribution in [1.29, 1.82) is 0 Å². The van der Waals surface area contributed by atoms with Gasteiger partial charge in [0.15, 0.2) is 0 Å². The molecule has 19 heavy (non-hydrogen) atoms. The lowest BCUT2D eigenvalue weighted by Gasteiger charge is -2.10. The lowest BCUT2D eigenvalue weighted by atomic mass is 10.1. The van der Waals surface area contributed by atoms with Gasteiger partial charge in [-0.25, -0.2) is 0 Å². The van der Waals surface area contributed by atoms with Crippen molar-refractivity contribution in [3.05, 3.63) is 42.1 Å². The third kappa shape index (κ3) is 3.51. The molecule has 2 rings (SSSR count). The summed E-state index contributed by atoms with van der Waals surface area (Å²) in [6.45, 7) is 5.54. The van der Waals surface area contributed by atoms with E-state index in [0.29, 0.717) is 18.2 Å². The molecule has 4 nitrogen and oxygen atoms in total. The standard InChI is InChI=1S/C15H19N3O/c1-11(2)16-9-10-18-15(19)13-7-3-5-12-6-4-8-17-14(12)13/h3-8,11,16H,9-10H2,1-2H3,(H,18,19). The van der Waals surface area contributed by atoms with E-state index in [4.69, 9.17) is 0 Å². The van der Waals surface area contributed by atoms with Gasteiger partial charge in [0.25, 0.3) is 5.91 Å². The number of nitrogens with zero attached hydrogens (tertiary/aromatic N) is 1. The molecule has 1 heterocycles. The van der Waals surface area contributed by atoms with Crippen LogP contribution >= 0.6 is 0 Å². The fourth-order valence-corrected chi connectivity index (χ4v) is 1.92. The molecule has 0 aliphatic heterocycles. The van der Waals surface area contributed by atoms with Crippen molar-refractivity contribution in [2.75, 3.05) is 13.1 Å². The predicted octanol–water partition coefficient (Wildman–Crippen LogP) is 1.96. The van der Waals surface area contributed by atoms with Crippen molar-refractivity contribution in [2.24, 2.45) is 0 Å². The average Bonchev–Trinajstić information content (AvgIpc) is 2.42. The SMILES string of the molecule is CC(C)NCCNC(=O)c1cccc2cccnc12. The van der Waals surface area contributed by atoms with Crippen molar-refractivity contribution < 1.29 is 4.79 Å². The van der Waals surface area contributed by atoms with Gasteiger partial charge in [-0.1, -0.05) is 32.0 Å². The summed E-state index contributed by atoms with van der Waals surface area (Å²) in [4.78, 5) is 16.4. The third-order valence-corrected chi connectivity index (χ3v) is 2.84. The third-order valence-electron chi connectivity index (χ3n) is 2.84. The van der Waals surface area contributed by atoms with E-state index in [-0.39, 0.29) is 5.91 Å². The molecular weight excluding hydrogens is 238 g/mol. The zero-order valence-electron chi connectivity index (χ0n) is 11.3. The summed E-state index contributed by atoms with van der Waals surface area (Å²) >= 11 is 0. The van der Waals surface area contributed by atoms with E-state index in [1.165, 1.54) is 0 Å². The van der Waals surface area contributed by atoms with E-state index in [1.807, 2.05) is 24.3 Å². The van der Waals surface area contributed by atoms with E-state index in [1.54, 1.807) is 12.3 Å². The molecule has 100 valence electrons. The maximum atomic E-state index is 12.1. The first-order valence-electron chi connectivity index (χ1n) is 6.54. The van der Waals surface area contributed by atoms with Gasteiger partial charge < -0.3 is 10.6 Å². The maximum absolute atomic E-state index is 12.1. The molecule has 0 aliphatic rings. The number of hydrogen-bond acceptors (Lipinski definition) is 3. The number of hydrogen-bond donors (Lipinski definition) is 2. The second-order valence-corrected chi connectivity index (χ2v) is 4.75. The van der Waals surface area contributed by atoms with Crippen LogP contribution in [0.5, 0.6) is 0 Å². The highest BCUT2D eigenvalue weighted by Gasteiger charge is 2.09. The second-order valence-electron chi connectivity index (χ2n) is 4.75. The van der Waals surface area contributed by atoms with Gasteiger partial charge in [0.2, 0.25) is 0 Å². The zero-order valence-corrected chi connectivity index (χ0v) is 11.3. The Morgan fingerprint density at radius 2 is 2.00 bits per heavy atom. The van der Waals surface area contributed by atoms with E-state index in [9.17, 15) is 4.79 Å². The number of pyridine rings is 1. The molecule has 0 atom stereocenters. The molecule has 4 heteroatoms. The highest BCUT2D eigenvalue weighted by molar-refractivity contribution is 6.05.